The Balaban J connectivity index is 1.79. The molecule has 0 unspecified atom stereocenters. The van der Waals surface area contributed by atoms with Crippen LogP contribution in [0, 0.1) is 17.1 Å². The molecule has 3 aromatic rings. The zero-order valence-electron chi connectivity index (χ0n) is 11.8. The van der Waals surface area contributed by atoms with Crippen LogP contribution in [0.2, 0.25) is 0 Å². The summed E-state index contributed by atoms with van der Waals surface area (Å²) in [6, 6.07) is 14.4. The molecule has 0 radical (unpaired) electrons. The minimum Gasteiger partial charge on any atom is -0.331 e. The summed E-state index contributed by atoms with van der Waals surface area (Å²) in [6.45, 7) is 0. The Morgan fingerprint density at radius 1 is 1.22 bits per heavy atom. The fourth-order valence-electron chi connectivity index (χ4n) is 1.97. The van der Waals surface area contributed by atoms with Crippen LogP contribution in [0.1, 0.15) is 20.8 Å². The molecule has 0 amide bonds. The fraction of sp³-hybridized carbons (Fsp3) is 0. The lowest BCUT2D eigenvalue weighted by Gasteiger charge is -2.02. The first-order chi connectivity index (χ1) is 11.2. The van der Waals surface area contributed by atoms with E-state index in [1.807, 2.05) is 6.07 Å². The van der Waals surface area contributed by atoms with Gasteiger partial charge in [0.2, 0.25) is 5.78 Å². The molecule has 0 bridgehead atoms. The Morgan fingerprint density at radius 3 is 2.74 bits per heavy atom. The maximum atomic E-state index is 12.9. The molecule has 6 heteroatoms. The van der Waals surface area contributed by atoms with E-state index in [0.717, 1.165) is 5.69 Å². The first-order valence-corrected chi connectivity index (χ1v) is 7.50. The molecule has 0 aliphatic carbocycles. The number of nitriles is 1. The van der Waals surface area contributed by atoms with Gasteiger partial charge in [-0.25, -0.2) is 9.37 Å². The molecule has 3 rings (SSSR count). The maximum absolute atomic E-state index is 12.9. The largest absolute Gasteiger partial charge is 0.331 e. The lowest BCUT2D eigenvalue weighted by Crippen LogP contribution is -1.98. The molecule has 1 heterocycles. The molecule has 1 N–H and O–H groups in total. The summed E-state index contributed by atoms with van der Waals surface area (Å²) in [5, 5.41) is 12.5. The van der Waals surface area contributed by atoms with Gasteiger partial charge in [-0.1, -0.05) is 17.4 Å². The summed E-state index contributed by atoms with van der Waals surface area (Å²) in [4.78, 5) is 16.9. The van der Waals surface area contributed by atoms with Gasteiger partial charge in [0.15, 0.2) is 5.13 Å². The van der Waals surface area contributed by atoms with Crippen LogP contribution in [-0.2, 0) is 0 Å². The molecule has 4 nitrogen and oxygen atoms in total. The molecule has 0 fully saturated rings. The number of ketones is 1. The number of halogens is 1. The van der Waals surface area contributed by atoms with Gasteiger partial charge in [0, 0.05) is 11.3 Å². The third kappa shape index (κ3) is 3.42. The second kappa shape index (κ2) is 6.38. The predicted octanol–water partition coefficient (Wildman–Crippen LogP) is 4.13. The van der Waals surface area contributed by atoms with Gasteiger partial charge < -0.3 is 5.32 Å². The van der Waals surface area contributed by atoms with E-state index < -0.39 is 0 Å². The number of carbonyl (C=O) groups excluding carboxylic acids is 1. The molecule has 2 aromatic carbocycles. The zero-order chi connectivity index (χ0) is 16.2. The molecule has 0 aliphatic heterocycles. The number of carbonyl (C=O) groups is 1. The molecule has 0 saturated heterocycles. The lowest BCUT2D eigenvalue weighted by molar-refractivity contribution is 0.104. The quantitative estimate of drug-likeness (QED) is 0.733. The number of thiazole rings is 1. The molecular formula is C17H10FN3OS. The van der Waals surface area contributed by atoms with Crippen molar-refractivity contribution in [3.63, 3.8) is 0 Å². The molecular weight excluding hydrogens is 313 g/mol. The number of rotatable bonds is 4. The molecule has 0 saturated carbocycles. The van der Waals surface area contributed by atoms with Crippen molar-refractivity contribution in [3.05, 3.63) is 76.5 Å². The average Bonchev–Trinajstić information content (AvgIpc) is 3.03. The molecule has 0 spiro atoms. The second-order valence-electron chi connectivity index (χ2n) is 4.68. The lowest BCUT2D eigenvalue weighted by atomic mass is 10.1. The van der Waals surface area contributed by atoms with Crippen molar-refractivity contribution in [2.45, 2.75) is 0 Å². The van der Waals surface area contributed by atoms with Gasteiger partial charge in [0.05, 0.1) is 22.7 Å². The Hall–Kier alpha value is -3.04. The van der Waals surface area contributed by atoms with Crippen LogP contribution in [0.4, 0.5) is 15.2 Å². The summed E-state index contributed by atoms with van der Waals surface area (Å²) in [6.07, 6.45) is 1.48. The summed E-state index contributed by atoms with van der Waals surface area (Å²) in [5.74, 6) is -0.591. The Labute approximate surface area is 135 Å². The maximum Gasteiger partial charge on any atom is 0.204 e. The van der Waals surface area contributed by atoms with E-state index in [2.05, 4.69) is 16.4 Å². The second-order valence-corrected chi connectivity index (χ2v) is 5.71. The van der Waals surface area contributed by atoms with Crippen LogP contribution in [0.25, 0.3) is 0 Å². The Morgan fingerprint density at radius 2 is 2.00 bits per heavy atom. The highest BCUT2D eigenvalue weighted by atomic mass is 32.1. The van der Waals surface area contributed by atoms with Crippen LogP contribution in [0.3, 0.4) is 0 Å². The van der Waals surface area contributed by atoms with Crippen LogP contribution < -0.4 is 5.32 Å². The van der Waals surface area contributed by atoms with Crippen LogP contribution in [0.5, 0.6) is 0 Å². The van der Waals surface area contributed by atoms with Crippen molar-refractivity contribution >= 4 is 27.9 Å². The van der Waals surface area contributed by atoms with Crippen LogP contribution >= 0.6 is 11.3 Å². The van der Waals surface area contributed by atoms with E-state index in [1.165, 1.54) is 41.8 Å². The van der Waals surface area contributed by atoms with Crippen LogP contribution in [0.15, 0.2) is 54.7 Å². The van der Waals surface area contributed by atoms with Gasteiger partial charge >= 0.3 is 0 Å². The van der Waals surface area contributed by atoms with E-state index in [4.69, 9.17) is 5.26 Å². The minimum absolute atomic E-state index is 0.207. The van der Waals surface area contributed by atoms with Crippen molar-refractivity contribution in [2.24, 2.45) is 0 Å². The van der Waals surface area contributed by atoms with E-state index >= 15 is 0 Å². The standard InChI is InChI=1S/C17H10FN3OS/c18-13-6-4-12(5-7-13)16(22)15-10-20-17(23-15)21-14-3-1-2-11(8-14)9-19/h1-8,10H,(H,20,21). The van der Waals surface area contributed by atoms with Crippen LogP contribution in [-0.4, -0.2) is 10.8 Å². The number of hydrogen-bond acceptors (Lipinski definition) is 5. The van der Waals surface area contributed by atoms with Gasteiger partial charge in [-0.3, -0.25) is 4.79 Å². The van der Waals surface area contributed by atoms with Gasteiger partial charge in [-0.05, 0) is 42.5 Å². The molecule has 1 aromatic heterocycles. The fourth-order valence-corrected chi connectivity index (χ4v) is 2.77. The van der Waals surface area contributed by atoms with E-state index in [-0.39, 0.29) is 11.6 Å². The van der Waals surface area contributed by atoms with Gasteiger partial charge in [-0.2, -0.15) is 5.26 Å². The summed E-state index contributed by atoms with van der Waals surface area (Å²) >= 11 is 1.20. The SMILES string of the molecule is N#Cc1cccc(Nc2ncc(C(=O)c3ccc(F)cc3)s2)c1. The van der Waals surface area contributed by atoms with E-state index in [0.29, 0.717) is 21.1 Å². The molecule has 23 heavy (non-hydrogen) atoms. The van der Waals surface area contributed by atoms with Crippen molar-refractivity contribution in [1.82, 2.24) is 4.98 Å². The third-order valence-corrected chi connectivity index (χ3v) is 3.99. The minimum atomic E-state index is -0.384. The van der Waals surface area contributed by atoms with E-state index in [9.17, 15) is 9.18 Å². The first-order valence-electron chi connectivity index (χ1n) is 6.69. The summed E-state index contributed by atoms with van der Waals surface area (Å²) < 4.78 is 12.9. The number of nitrogens with zero attached hydrogens (tertiary/aromatic N) is 2. The third-order valence-electron chi connectivity index (χ3n) is 3.08. The van der Waals surface area contributed by atoms with Gasteiger partial charge in [-0.15, -0.1) is 0 Å². The summed E-state index contributed by atoms with van der Waals surface area (Å²) in [5.41, 5.74) is 1.67. The smallest absolute Gasteiger partial charge is 0.204 e. The predicted molar refractivity (Wildman–Crippen MR) is 86.4 cm³/mol. The number of benzene rings is 2. The average molecular weight is 323 g/mol. The monoisotopic (exact) mass is 323 g/mol. The Kier molecular flexibility index (Phi) is 4.13. The zero-order valence-corrected chi connectivity index (χ0v) is 12.6. The number of hydrogen-bond donors (Lipinski definition) is 1. The molecule has 0 aliphatic rings. The highest BCUT2D eigenvalue weighted by molar-refractivity contribution is 7.17. The number of anilines is 2. The highest BCUT2D eigenvalue weighted by Gasteiger charge is 2.13. The number of nitrogens with one attached hydrogen (secondary N) is 1. The molecule has 112 valence electrons. The van der Waals surface area contributed by atoms with Gasteiger partial charge in [0.1, 0.15) is 5.82 Å². The highest BCUT2D eigenvalue weighted by Crippen LogP contribution is 2.25. The van der Waals surface area contributed by atoms with Crippen molar-refractivity contribution in [2.75, 3.05) is 5.32 Å². The summed E-state index contributed by atoms with van der Waals surface area (Å²) in [7, 11) is 0. The van der Waals surface area contributed by atoms with Crippen molar-refractivity contribution in [1.29, 1.82) is 5.26 Å². The topological polar surface area (TPSA) is 65.8 Å². The molecule has 0 atom stereocenters. The van der Waals surface area contributed by atoms with Crippen molar-refractivity contribution < 1.29 is 9.18 Å². The number of aromatic nitrogens is 1. The van der Waals surface area contributed by atoms with Gasteiger partial charge in [0.25, 0.3) is 0 Å². The first kappa shape index (κ1) is 14.9. The van der Waals surface area contributed by atoms with E-state index in [1.54, 1.807) is 18.2 Å². The Bertz CT molecular complexity index is 897. The normalized spacial score (nSPS) is 10.1. The van der Waals surface area contributed by atoms with Crippen molar-refractivity contribution in [3.8, 4) is 6.07 Å².